The monoisotopic (exact) mass is 412 g/mol. The van der Waals surface area contributed by atoms with Crippen LogP contribution < -0.4 is 10.1 Å². The molecule has 1 N–H and O–H groups in total. The second-order valence-corrected chi connectivity index (χ2v) is 6.66. The lowest BCUT2D eigenvalue weighted by Gasteiger charge is -2.25. The molecule has 26 heavy (non-hydrogen) atoms. The Hall–Kier alpha value is -1.48. The van der Waals surface area contributed by atoms with Gasteiger partial charge in [0.05, 0.1) is 34.9 Å². The van der Waals surface area contributed by atoms with Crippen molar-refractivity contribution in [3.8, 4) is 11.8 Å². The van der Waals surface area contributed by atoms with Crippen molar-refractivity contribution >= 4 is 35.6 Å². The van der Waals surface area contributed by atoms with Crippen LogP contribution in [0.4, 0.5) is 0 Å². The highest BCUT2D eigenvalue weighted by molar-refractivity contribution is 6.42. The summed E-state index contributed by atoms with van der Waals surface area (Å²) in [5.41, 5.74) is 1.50. The van der Waals surface area contributed by atoms with Crippen molar-refractivity contribution in [1.82, 2.24) is 5.32 Å². The predicted octanol–water partition coefficient (Wildman–Crippen LogP) is 4.64. The Bertz CT molecular complexity index is 780. The van der Waals surface area contributed by atoms with Gasteiger partial charge >= 0.3 is 0 Å². The summed E-state index contributed by atoms with van der Waals surface area (Å²) in [6, 6.07) is 14.9. The second kappa shape index (κ2) is 10.0. The minimum Gasteiger partial charge on any atom is -0.492 e. The van der Waals surface area contributed by atoms with Crippen LogP contribution in [0.25, 0.3) is 0 Å². The molecule has 0 aromatic heterocycles. The van der Waals surface area contributed by atoms with E-state index in [1.54, 1.807) is 18.2 Å². The minimum atomic E-state index is -0.154. The number of nitrogens with one attached hydrogen (secondary N) is 1. The molecule has 0 amide bonds. The summed E-state index contributed by atoms with van der Waals surface area (Å²) in [7, 11) is 0. The molecule has 0 bridgehead atoms. The van der Waals surface area contributed by atoms with Gasteiger partial charge in [-0.05, 0) is 29.8 Å². The summed E-state index contributed by atoms with van der Waals surface area (Å²) >= 11 is 12.2. The number of rotatable bonds is 4. The van der Waals surface area contributed by atoms with Gasteiger partial charge in [-0.2, -0.15) is 5.26 Å². The van der Waals surface area contributed by atoms with Gasteiger partial charge in [0.15, 0.2) is 0 Å². The number of ether oxygens (including phenoxy) is 2. The van der Waals surface area contributed by atoms with Gasteiger partial charge in [-0.1, -0.05) is 41.4 Å². The lowest BCUT2D eigenvalue weighted by molar-refractivity contribution is 0.0153. The fourth-order valence-corrected chi connectivity index (χ4v) is 3.18. The summed E-state index contributed by atoms with van der Waals surface area (Å²) in [5, 5.41) is 13.6. The van der Waals surface area contributed by atoms with E-state index in [-0.39, 0.29) is 24.4 Å². The van der Waals surface area contributed by atoms with Crippen LogP contribution in [0, 0.1) is 17.2 Å². The molecule has 0 unspecified atom stereocenters. The first kappa shape index (κ1) is 20.8. The number of hydrogen-bond acceptors (Lipinski definition) is 4. The van der Waals surface area contributed by atoms with E-state index in [0.29, 0.717) is 34.6 Å². The van der Waals surface area contributed by atoms with Gasteiger partial charge in [-0.3, -0.25) is 0 Å². The molecule has 0 aliphatic carbocycles. The fourth-order valence-electron chi connectivity index (χ4n) is 2.87. The highest BCUT2D eigenvalue weighted by atomic mass is 35.5. The molecule has 1 saturated heterocycles. The van der Waals surface area contributed by atoms with Crippen LogP contribution >= 0.6 is 35.6 Å². The summed E-state index contributed by atoms with van der Waals surface area (Å²) in [4.78, 5) is 0. The quantitative estimate of drug-likeness (QED) is 0.793. The molecule has 0 spiro atoms. The van der Waals surface area contributed by atoms with Crippen molar-refractivity contribution in [2.24, 2.45) is 5.92 Å². The van der Waals surface area contributed by atoms with Gasteiger partial charge in [0.1, 0.15) is 11.8 Å². The van der Waals surface area contributed by atoms with E-state index in [1.165, 1.54) is 0 Å². The molecule has 2 atom stereocenters. The van der Waals surface area contributed by atoms with Crippen LogP contribution in [-0.2, 0) is 4.74 Å². The third-order valence-corrected chi connectivity index (χ3v) is 4.88. The predicted molar refractivity (Wildman–Crippen MR) is 105 cm³/mol. The van der Waals surface area contributed by atoms with Gasteiger partial charge in [-0.25, -0.2) is 0 Å². The zero-order valence-electron chi connectivity index (χ0n) is 14.0. The third-order valence-electron chi connectivity index (χ3n) is 4.14. The van der Waals surface area contributed by atoms with Gasteiger partial charge in [0.2, 0.25) is 0 Å². The Labute approximate surface area is 169 Å². The lowest BCUT2D eigenvalue weighted by atomic mass is 9.96. The van der Waals surface area contributed by atoms with E-state index in [4.69, 9.17) is 32.7 Å². The van der Waals surface area contributed by atoms with E-state index in [0.717, 1.165) is 18.7 Å². The number of nitriles is 1. The highest BCUT2D eigenvalue weighted by Crippen LogP contribution is 2.32. The van der Waals surface area contributed by atoms with Gasteiger partial charge in [0, 0.05) is 19.0 Å². The number of para-hydroxylation sites is 1. The zero-order valence-corrected chi connectivity index (χ0v) is 16.3. The van der Waals surface area contributed by atoms with E-state index >= 15 is 0 Å². The van der Waals surface area contributed by atoms with E-state index < -0.39 is 0 Å². The average molecular weight is 414 g/mol. The summed E-state index contributed by atoms with van der Waals surface area (Å²) in [5.74, 6) is 0.661. The standard InChI is InChI=1S/C19H18Cl2N2O2.ClH/c20-16-6-5-13(9-17(16)21)19-15(11-23-7-8-24-19)12-25-18-4-2-1-3-14(18)10-22;/h1-6,9,15,19,23H,7-8,11-12H2;1H/t15-,19-;/m0./s1. The van der Waals surface area contributed by atoms with Crippen molar-refractivity contribution in [3.05, 3.63) is 63.6 Å². The Kier molecular flexibility index (Phi) is 8.02. The first-order valence-corrected chi connectivity index (χ1v) is 8.84. The molecule has 1 heterocycles. The summed E-state index contributed by atoms with van der Waals surface area (Å²) < 4.78 is 12.0. The molecule has 2 aromatic rings. The maximum absolute atomic E-state index is 9.19. The van der Waals surface area contributed by atoms with Crippen LogP contribution in [0.5, 0.6) is 5.75 Å². The van der Waals surface area contributed by atoms with E-state index in [9.17, 15) is 5.26 Å². The minimum absolute atomic E-state index is 0. The molecule has 0 saturated carbocycles. The molecule has 2 aromatic carbocycles. The third kappa shape index (κ3) is 5.03. The van der Waals surface area contributed by atoms with Crippen LogP contribution in [0.15, 0.2) is 42.5 Å². The van der Waals surface area contributed by atoms with Crippen LogP contribution in [-0.4, -0.2) is 26.3 Å². The first-order chi connectivity index (χ1) is 12.2. The second-order valence-electron chi connectivity index (χ2n) is 5.85. The van der Waals surface area contributed by atoms with Crippen molar-refractivity contribution in [1.29, 1.82) is 5.26 Å². The fraction of sp³-hybridized carbons (Fsp3) is 0.316. The summed E-state index contributed by atoms with van der Waals surface area (Å²) in [6.45, 7) is 2.57. The Balaban J connectivity index is 0.00000243. The lowest BCUT2D eigenvalue weighted by Crippen LogP contribution is -2.29. The van der Waals surface area contributed by atoms with Crippen molar-refractivity contribution in [2.45, 2.75) is 6.10 Å². The molecule has 0 radical (unpaired) electrons. The first-order valence-electron chi connectivity index (χ1n) is 8.08. The van der Waals surface area contributed by atoms with Gasteiger partial charge in [0.25, 0.3) is 0 Å². The van der Waals surface area contributed by atoms with Crippen LogP contribution in [0.3, 0.4) is 0 Å². The average Bonchev–Trinajstić information content (AvgIpc) is 2.88. The molecule has 1 aliphatic heterocycles. The molecule has 7 heteroatoms. The SMILES string of the molecule is Cl.N#Cc1ccccc1OC[C@@H]1CNCCO[C@H]1c1ccc(Cl)c(Cl)c1. The Morgan fingerprint density at radius 1 is 1.19 bits per heavy atom. The largest absolute Gasteiger partial charge is 0.492 e. The number of nitrogens with zero attached hydrogens (tertiary/aromatic N) is 1. The molecule has 3 rings (SSSR count). The van der Waals surface area contributed by atoms with Crippen LogP contribution in [0.2, 0.25) is 10.0 Å². The molecule has 1 fully saturated rings. The van der Waals surface area contributed by atoms with Crippen molar-refractivity contribution in [3.63, 3.8) is 0 Å². The summed E-state index contributed by atoms with van der Waals surface area (Å²) in [6.07, 6.45) is -0.154. The smallest absolute Gasteiger partial charge is 0.137 e. The number of halogens is 3. The van der Waals surface area contributed by atoms with E-state index in [2.05, 4.69) is 11.4 Å². The normalized spacial score (nSPS) is 19.7. The maximum atomic E-state index is 9.19. The van der Waals surface area contributed by atoms with Gasteiger partial charge < -0.3 is 14.8 Å². The Morgan fingerprint density at radius 2 is 2.00 bits per heavy atom. The molecule has 4 nitrogen and oxygen atoms in total. The Morgan fingerprint density at radius 3 is 2.77 bits per heavy atom. The van der Waals surface area contributed by atoms with E-state index in [1.807, 2.05) is 24.3 Å². The highest BCUT2D eigenvalue weighted by Gasteiger charge is 2.27. The van der Waals surface area contributed by atoms with Crippen molar-refractivity contribution in [2.75, 3.05) is 26.3 Å². The van der Waals surface area contributed by atoms with Gasteiger partial charge in [-0.15, -0.1) is 12.4 Å². The molecule has 138 valence electrons. The zero-order chi connectivity index (χ0) is 17.6. The van der Waals surface area contributed by atoms with Crippen molar-refractivity contribution < 1.29 is 9.47 Å². The van der Waals surface area contributed by atoms with Crippen LogP contribution in [0.1, 0.15) is 17.2 Å². The topological polar surface area (TPSA) is 54.3 Å². The molecular weight excluding hydrogens is 395 g/mol. The number of hydrogen-bond donors (Lipinski definition) is 1. The maximum Gasteiger partial charge on any atom is 0.137 e. The molecular formula is C19H19Cl3N2O2. The number of benzene rings is 2. The molecule has 1 aliphatic rings.